The van der Waals surface area contributed by atoms with E-state index in [1.807, 2.05) is 0 Å². The zero-order chi connectivity index (χ0) is 10.7. The largest absolute Gasteiger partial charge is 0.259 e. The van der Waals surface area contributed by atoms with Crippen LogP contribution < -0.4 is 0 Å². The van der Waals surface area contributed by atoms with Crippen molar-refractivity contribution in [3.05, 3.63) is 28.5 Å². The normalized spacial score (nSPS) is 13.3. The molecule has 14 heavy (non-hydrogen) atoms. The van der Waals surface area contributed by atoms with Crippen LogP contribution in [0, 0.1) is 0 Å². The monoisotopic (exact) mass is 211 g/mol. The second-order valence-corrected chi connectivity index (χ2v) is 4.53. The van der Waals surface area contributed by atoms with E-state index in [1.165, 1.54) is 11.3 Å². The number of halogens is 1. The van der Waals surface area contributed by atoms with E-state index in [9.17, 15) is 0 Å². The molecule has 1 heterocycles. The summed E-state index contributed by atoms with van der Waals surface area (Å²) >= 11 is 5.96. The van der Waals surface area contributed by atoms with Crippen LogP contribution in [0.3, 0.4) is 0 Å². The number of pyridine rings is 1. The molecule has 0 bridgehead atoms. The Kier molecular flexibility index (Phi) is 3.94. The van der Waals surface area contributed by atoms with Crippen molar-refractivity contribution in [2.75, 3.05) is 0 Å². The number of hydrogen-bond donors (Lipinski definition) is 0. The fraction of sp³-hybridized carbons (Fsp3) is 0.583. The van der Waals surface area contributed by atoms with Gasteiger partial charge in [-0.2, -0.15) is 0 Å². The molecule has 0 N–H and O–H groups in total. The van der Waals surface area contributed by atoms with Crippen molar-refractivity contribution < 1.29 is 0 Å². The topological polar surface area (TPSA) is 12.9 Å². The van der Waals surface area contributed by atoms with Gasteiger partial charge in [0, 0.05) is 11.9 Å². The van der Waals surface area contributed by atoms with Crippen LogP contribution in [-0.4, -0.2) is 4.98 Å². The van der Waals surface area contributed by atoms with Gasteiger partial charge in [0.15, 0.2) is 0 Å². The van der Waals surface area contributed by atoms with Crippen LogP contribution in [0.5, 0.6) is 0 Å². The summed E-state index contributed by atoms with van der Waals surface area (Å²) in [6, 6.07) is 2.05. The average Bonchev–Trinajstić information content (AvgIpc) is 2.16. The lowest BCUT2D eigenvalue weighted by Crippen LogP contribution is -2.03. The fourth-order valence-electron chi connectivity index (χ4n) is 1.56. The lowest BCUT2D eigenvalue weighted by atomic mass is 9.93. The highest BCUT2D eigenvalue weighted by atomic mass is 35.5. The molecular formula is C12H18ClN. The summed E-state index contributed by atoms with van der Waals surface area (Å²) < 4.78 is 0. The minimum Gasteiger partial charge on any atom is -0.259 e. The average molecular weight is 212 g/mol. The minimum atomic E-state index is 0.469. The van der Waals surface area contributed by atoms with Gasteiger partial charge < -0.3 is 0 Å². The Hall–Kier alpha value is -0.560. The van der Waals surface area contributed by atoms with Crippen molar-refractivity contribution in [1.29, 1.82) is 0 Å². The first kappa shape index (κ1) is 11.5. The molecule has 0 saturated carbocycles. The third-order valence-corrected chi connectivity index (χ3v) is 2.81. The summed E-state index contributed by atoms with van der Waals surface area (Å²) in [5, 5.41) is 0.740. The highest BCUT2D eigenvalue weighted by Crippen LogP contribution is 2.28. The van der Waals surface area contributed by atoms with Crippen molar-refractivity contribution in [3.8, 4) is 0 Å². The van der Waals surface area contributed by atoms with Gasteiger partial charge in [-0.1, -0.05) is 39.3 Å². The quantitative estimate of drug-likeness (QED) is 0.724. The van der Waals surface area contributed by atoms with Crippen molar-refractivity contribution in [2.45, 2.75) is 46.0 Å². The van der Waals surface area contributed by atoms with Crippen LogP contribution in [-0.2, 0) is 0 Å². The second-order valence-electron chi connectivity index (χ2n) is 4.09. The lowest BCUT2D eigenvalue weighted by Gasteiger charge is -2.16. The Morgan fingerprint density at radius 2 is 2.00 bits per heavy atom. The fourth-order valence-corrected chi connectivity index (χ4v) is 1.73. The molecule has 0 saturated heterocycles. The summed E-state index contributed by atoms with van der Waals surface area (Å²) in [6.07, 6.45) is 2.87. The van der Waals surface area contributed by atoms with E-state index in [0.717, 1.165) is 11.4 Å². The van der Waals surface area contributed by atoms with Crippen LogP contribution in [0.15, 0.2) is 12.3 Å². The van der Waals surface area contributed by atoms with E-state index in [-0.39, 0.29) is 0 Å². The number of nitrogens with zero attached hydrogens (tertiary/aromatic N) is 1. The number of aromatic nitrogens is 1. The third kappa shape index (κ3) is 2.48. The highest BCUT2D eigenvalue weighted by Gasteiger charge is 2.13. The van der Waals surface area contributed by atoms with Crippen LogP contribution >= 0.6 is 11.6 Å². The van der Waals surface area contributed by atoms with Crippen molar-refractivity contribution >= 4 is 11.6 Å². The van der Waals surface area contributed by atoms with Gasteiger partial charge in [-0.25, -0.2) is 0 Å². The molecule has 0 aliphatic carbocycles. The second kappa shape index (κ2) is 4.79. The molecule has 0 aromatic carbocycles. The van der Waals surface area contributed by atoms with Crippen LogP contribution in [0.4, 0.5) is 0 Å². The molecule has 0 aliphatic rings. The summed E-state index contributed by atoms with van der Waals surface area (Å²) in [6.45, 7) is 8.75. The molecule has 1 unspecified atom stereocenters. The van der Waals surface area contributed by atoms with E-state index in [0.29, 0.717) is 11.8 Å². The maximum absolute atomic E-state index is 5.96. The molecule has 0 aliphatic heterocycles. The van der Waals surface area contributed by atoms with Gasteiger partial charge in [0.25, 0.3) is 0 Å². The maximum atomic E-state index is 5.96. The number of hydrogen-bond acceptors (Lipinski definition) is 1. The highest BCUT2D eigenvalue weighted by molar-refractivity contribution is 6.30. The third-order valence-electron chi connectivity index (χ3n) is 2.61. The molecule has 0 amide bonds. The number of rotatable bonds is 3. The van der Waals surface area contributed by atoms with E-state index < -0.39 is 0 Å². The molecule has 1 rings (SSSR count). The first-order valence-corrected chi connectivity index (χ1v) is 5.59. The minimum absolute atomic E-state index is 0.469. The Morgan fingerprint density at radius 3 is 2.50 bits per heavy atom. The summed E-state index contributed by atoms with van der Waals surface area (Å²) in [5.41, 5.74) is 2.48. The van der Waals surface area contributed by atoms with E-state index in [4.69, 9.17) is 11.6 Å². The predicted octanol–water partition coefficient (Wildman–Crippen LogP) is 4.37. The van der Waals surface area contributed by atoms with Gasteiger partial charge in [-0.15, -0.1) is 0 Å². The van der Waals surface area contributed by atoms with Gasteiger partial charge >= 0.3 is 0 Å². The molecule has 1 aromatic heterocycles. The van der Waals surface area contributed by atoms with Crippen molar-refractivity contribution in [2.24, 2.45) is 0 Å². The maximum Gasteiger partial charge on any atom is 0.0592 e. The Labute approximate surface area is 91.5 Å². The Morgan fingerprint density at radius 1 is 1.36 bits per heavy atom. The molecule has 0 radical (unpaired) electrons. The van der Waals surface area contributed by atoms with E-state index in [1.54, 1.807) is 6.20 Å². The SMILES string of the molecule is CCC(C)c1cc(Cl)cnc1C(C)C. The summed E-state index contributed by atoms with van der Waals surface area (Å²) in [5.74, 6) is 1.01. The first-order chi connectivity index (χ1) is 6.56. The zero-order valence-electron chi connectivity index (χ0n) is 9.34. The zero-order valence-corrected chi connectivity index (χ0v) is 10.1. The van der Waals surface area contributed by atoms with E-state index >= 15 is 0 Å². The lowest BCUT2D eigenvalue weighted by molar-refractivity contribution is 0.693. The van der Waals surface area contributed by atoms with Crippen LogP contribution in [0.2, 0.25) is 5.02 Å². The van der Waals surface area contributed by atoms with Gasteiger partial charge in [0.1, 0.15) is 0 Å². The molecule has 1 atom stereocenters. The van der Waals surface area contributed by atoms with Gasteiger partial charge in [0.2, 0.25) is 0 Å². The molecule has 1 aromatic rings. The predicted molar refractivity (Wildman–Crippen MR) is 62.0 cm³/mol. The molecule has 0 fully saturated rings. The smallest absolute Gasteiger partial charge is 0.0592 e. The summed E-state index contributed by atoms with van der Waals surface area (Å²) in [7, 11) is 0. The first-order valence-electron chi connectivity index (χ1n) is 5.21. The van der Waals surface area contributed by atoms with Crippen molar-refractivity contribution in [1.82, 2.24) is 4.98 Å². The summed E-state index contributed by atoms with van der Waals surface area (Å²) in [4.78, 5) is 4.41. The van der Waals surface area contributed by atoms with E-state index in [2.05, 4.69) is 38.7 Å². The standard InChI is InChI=1S/C12H18ClN/c1-5-9(4)11-6-10(13)7-14-12(11)8(2)3/h6-9H,5H2,1-4H3. The Bertz CT molecular complexity index is 307. The molecule has 1 nitrogen and oxygen atoms in total. The van der Waals surface area contributed by atoms with Gasteiger partial charge in [-0.05, 0) is 29.9 Å². The molecular weight excluding hydrogens is 194 g/mol. The van der Waals surface area contributed by atoms with Crippen LogP contribution in [0.25, 0.3) is 0 Å². The van der Waals surface area contributed by atoms with Crippen LogP contribution in [0.1, 0.15) is 57.2 Å². The molecule has 0 spiro atoms. The van der Waals surface area contributed by atoms with Crippen molar-refractivity contribution in [3.63, 3.8) is 0 Å². The molecule has 2 heteroatoms. The Balaban J connectivity index is 3.15. The molecule has 78 valence electrons. The van der Waals surface area contributed by atoms with Gasteiger partial charge in [0.05, 0.1) is 5.02 Å². The van der Waals surface area contributed by atoms with Gasteiger partial charge in [-0.3, -0.25) is 4.98 Å².